The molecule has 0 saturated carbocycles. The van der Waals surface area contributed by atoms with Crippen molar-refractivity contribution < 1.29 is 14.3 Å². The number of aliphatic imine (C=N–C) groups is 1. The van der Waals surface area contributed by atoms with E-state index in [9.17, 15) is 4.79 Å². The maximum Gasteiger partial charge on any atom is 0.410 e. The lowest BCUT2D eigenvalue weighted by atomic mass is 9.98. The predicted octanol–water partition coefficient (Wildman–Crippen LogP) is 2.23. The van der Waals surface area contributed by atoms with E-state index in [1.54, 1.807) is 7.11 Å². The van der Waals surface area contributed by atoms with Crippen molar-refractivity contribution in [2.45, 2.75) is 52.6 Å². The predicted molar refractivity (Wildman–Crippen MR) is 101 cm³/mol. The number of hydrogen-bond acceptors (Lipinski definition) is 4. The first-order chi connectivity index (χ1) is 11.9. The number of nitrogens with one attached hydrogen (secondary N) is 2. The van der Waals surface area contributed by atoms with Gasteiger partial charge in [-0.05, 0) is 52.9 Å². The van der Waals surface area contributed by atoms with Crippen molar-refractivity contribution in [2.75, 3.05) is 46.4 Å². The third kappa shape index (κ3) is 9.53. The fourth-order valence-electron chi connectivity index (χ4n) is 2.69. The number of piperidine rings is 1. The standard InChI is InChI=1S/C18H36N4O3/c1-6-19-16(20-10-8-12-24-5)21-13-15-9-7-11-22(14-15)17(23)25-18(2,3)4/h15H,6-14H2,1-5H3,(H2,19,20,21). The van der Waals surface area contributed by atoms with Crippen LogP contribution in [-0.4, -0.2) is 69.0 Å². The minimum absolute atomic E-state index is 0.217. The van der Waals surface area contributed by atoms with Gasteiger partial charge in [0.15, 0.2) is 5.96 Å². The molecular formula is C18H36N4O3. The summed E-state index contributed by atoms with van der Waals surface area (Å²) < 4.78 is 10.5. The highest BCUT2D eigenvalue weighted by Gasteiger charge is 2.27. The van der Waals surface area contributed by atoms with Crippen LogP contribution in [0.15, 0.2) is 4.99 Å². The molecule has 7 heteroatoms. The Kier molecular flexibility index (Phi) is 9.63. The summed E-state index contributed by atoms with van der Waals surface area (Å²) in [4.78, 5) is 18.7. The van der Waals surface area contributed by atoms with Gasteiger partial charge >= 0.3 is 6.09 Å². The first kappa shape index (κ1) is 21.5. The molecule has 1 heterocycles. The highest BCUT2D eigenvalue weighted by Crippen LogP contribution is 2.19. The van der Waals surface area contributed by atoms with Crippen LogP contribution in [0.5, 0.6) is 0 Å². The second kappa shape index (κ2) is 11.2. The lowest BCUT2D eigenvalue weighted by molar-refractivity contribution is 0.0170. The Hall–Kier alpha value is -1.50. The Morgan fingerprint density at radius 2 is 2.08 bits per heavy atom. The van der Waals surface area contributed by atoms with E-state index in [1.165, 1.54) is 0 Å². The number of rotatable bonds is 7. The Balaban J connectivity index is 2.48. The molecule has 1 aliphatic heterocycles. The van der Waals surface area contributed by atoms with Crippen LogP contribution in [0.3, 0.4) is 0 Å². The van der Waals surface area contributed by atoms with Crippen LogP contribution in [0.4, 0.5) is 4.79 Å². The van der Waals surface area contributed by atoms with Gasteiger partial charge < -0.3 is 25.0 Å². The van der Waals surface area contributed by atoms with Gasteiger partial charge in [-0.3, -0.25) is 4.99 Å². The fourth-order valence-corrected chi connectivity index (χ4v) is 2.69. The smallest absolute Gasteiger partial charge is 0.410 e. The molecule has 1 rings (SSSR count). The first-order valence-electron chi connectivity index (χ1n) is 9.34. The van der Waals surface area contributed by atoms with E-state index in [0.717, 1.165) is 51.5 Å². The van der Waals surface area contributed by atoms with E-state index in [4.69, 9.17) is 9.47 Å². The average molecular weight is 357 g/mol. The van der Waals surface area contributed by atoms with Crippen LogP contribution in [-0.2, 0) is 9.47 Å². The van der Waals surface area contributed by atoms with Crippen LogP contribution >= 0.6 is 0 Å². The summed E-state index contributed by atoms with van der Waals surface area (Å²) in [5.41, 5.74) is -0.452. The summed E-state index contributed by atoms with van der Waals surface area (Å²) in [6.07, 6.45) is 2.81. The van der Waals surface area contributed by atoms with Crippen LogP contribution in [0, 0.1) is 5.92 Å². The molecule has 1 saturated heterocycles. The molecule has 1 unspecified atom stereocenters. The number of carbonyl (C=O) groups excluding carboxylic acids is 1. The molecule has 1 atom stereocenters. The maximum absolute atomic E-state index is 12.2. The summed E-state index contributed by atoms with van der Waals surface area (Å²) in [6.45, 7) is 12.3. The topological polar surface area (TPSA) is 75.2 Å². The van der Waals surface area contributed by atoms with E-state index in [2.05, 4.69) is 22.5 Å². The van der Waals surface area contributed by atoms with Crippen molar-refractivity contribution in [2.24, 2.45) is 10.9 Å². The van der Waals surface area contributed by atoms with Gasteiger partial charge in [0.25, 0.3) is 0 Å². The monoisotopic (exact) mass is 356 g/mol. The minimum atomic E-state index is -0.452. The molecule has 1 aliphatic rings. The molecule has 0 spiro atoms. The van der Waals surface area contributed by atoms with Crippen LogP contribution < -0.4 is 10.6 Å². The highest BCUT2D eigenvalue weighted by atomic mass is 16.6. The molecule has 0 aromatic heterocycles. The van der Waals surface area contributed by atoms with Crippen molar-refractivity contribution >= 4 is 12.1 Å². The summed E-state index contributed by atoms with van der Waals surface area (Å²) >= 11 is 0. The van der Waals surface area contributed by atoms with Crippen molar-refractivity contribution in [1.82, 2.24) is 15.5 Å². The zero-order chi connectivity index (χ0) is 18.7. The van der Waals surface area contributed by atoms with Crippen LogP contribution in [0.2, 0.25) is 0 Å². The van der Waals surface area contributed by atoms with Gasteiger partial charge in [0, 0.05) is 46.4 Å². The van der Waals surface area contributed by atoms with Gasteiger partial charge in [0.2, 0.25) is 0 Å². The molecule has 0 radical (unpaired) electrons. The van der Waals surface area contributed by atoms with Crippen molar-refractivity contribution in [1.29, 1.82) is 0 Å². The van der Waals surface area contributed by atoms with Crippen LogP contribution in [0.1, 0.15) is 47.0 Å². The van der Waals surface area contributed by atoms with Gasteiger partial charge in [-0.2, -0.15) is 0 Å². The molecule has 2 N–H and O–H groups in total. The third-order valence-electron chi connectivity index (χ3n) is 3.84. The maximum atomic E-state index is 12.2. The first-order valence-corrected chi connectivity index (χ1v) is 9.34. The fraction of sp³-hybridized carbons (Fsp3) is 0.889. The molecule has 25 heavy (non-hydrogen) atoms. The number of methoxy groups -OCH3 is 1. The van der Waals surface area contributed by atoms with E-state index in [-0.39, 0.29) is 6.09 Å². The van der Waals surface area contributed by atoms with Gasteiger partial charge in [-0.15, -0.1) is 0 Å². The molecule has 146 valence electrons. The number of amides is 1. The van der Waals surface area contributed by atoms with Crippen molar-refractivity contribution in [3.8, 4) is 0 Å². The highest BCUT2D eigenvalue weighted by molar-refractivity contribution is 5.79. The third-order valence-corrected chi connectivity index (χ3v) is 3.84. The average Bonchev–Trinajstić information content (AvgIpc) is 2.55. The summed E-state index contributed by atoms with van der Waals surface area (Å²) in [7, 11) is 1.71. The van der Waals surface area contributed by atoms with Crippen molar-refractivity contribution in [3.63, 3.8) is 0 Å². The van der Waals surface area contributed by atoms with Gasteiger partial charge in [-0.25, -0.2) is 4.79 Å². The van der Waals surface area contributed by atoms with E-state index in [1.807, 2.05) is 25.7 Å². The SMILES string of the molecule is CCNC(=NCC1CCCN(C(=O)OC(C)(C)C)C1)NCCCOC. The molecule has 1 fully saturated rings. The minimum Gasteiger partial charge on any atom is -0.444 e. The second-order valence-electron chi connectivity index (χ2n) is 7.43. The molecule has 0 aliphatic carbocycles. The number of nitrogens with zero attached hydrogens (tertiary/aromatic N) is 2. The van der Waals surface area contributed by atoms with E-state index in [0.29, 0.717) is 19.0 Å². The second-order valence-corrected chi connectivity index (χ2v) is 7.43. The number of carbonyl (C=O) groups is 1. The van der Waals surface area contributed by atoms with E-state index >= 15 is 0 Å². The lowest BCUT2D eigenvalue weighted by Gasteiger charge is -2.33. The van der Waals surface area contributed by atoms with Gasteiger partial charge in [-0.1, -0.05) is 0 Å². The molecule has 1 amide bonds. The van der Waals surface area contributed by atoms with E-state index < -0.39 is 5.60 Å². The normalized spacial score (nSPS) is 18.8. The lowest BCUT2D eigenvalue weighted by Crippen LogP contribution is -2.44. The molecule has 7 nitrogen and oxygen atoms in total. The van der Waals surface area contributed by atoms with Gasteiger partial charge in [0.1, 0.15) is 5.60 Å². The van der Waals surface area contributed by atoms with Crippen LogP contribution in [0.25, 0.3) is 0 Å². The molecule has 0 aromatic carbocycles. The Labute approximate surface area is 152 Å². The summed E-state index contributed by atoms with van der Waals surface area (Å²) in [6, 6.07) is 0. The summed E-state index contributed by atoms with van der Waals surface area (Å²) in [5.74, 6) is 1.20. The quantitative estimate of drug-likeness (QED) is 0.416. The zero-order valence-electron chi connectivity index (χ0n) is 16.6. The zero-order valence-corrected chi connectivity index (χ0v) is 16.6. The van der Waals surface area contributed by atoms with Gasteiger partial charge in [0.05, 0.1) is 0 Å². The summed E-state index contributed by atoms with van der Waals surface area (Å²) in [5, 5.41) is 6.57. The number of likely N-dealkylation sites (tertiary alicyclic amines) is 1. The number of guanidine groups is 1. The largest absolute Gasteiger partial charge is 0.444 e. The Morgan fingerprint density at radius 1 is 1.32 bits per heavy atom. The molecular weight excluding hydrogens is 320 g/mol. The Bertz CT molecular complexity index is 421. The van der Waals surface area contributed by atoms with Crippen molar-refractivity contribution in [3.05, 3.63) is 0 Å². The number of hydrogen-bond donors (Lipinski definition) is 2. The Morgan fingerprint density at radius 3 is 2.72 bits per heavy atom. The number of ether oxygens (including phenoxy) is 2. The molecule has 0 bridgehead atoms. The molecule has 0 aromatic rings.